The molecule has 2 aromatic heterocycles. The highest BCUT2D eigenvalue weighted by Crippen LogP contribution is 2.29. The average Bonchev–Trinajstić information content (AvgIpc) is 3.09. The lowest BCUT2D eigenvalue weighted by molar-refractivity contribution is 0.402. The van der Waals surface area contributed by atoms with E-state index in [4.69, 9.17) is 16.3 Å². The minimum atomic E-state index is -0.445. The van der Waals surface area contributed by atoms with Crippen LogP contribution in [0.1, 0.15) is 6.92 Å². The fourth-order valence-corrected chi connectivity index (χ4v) is 2.88. The molecule has 0 aliphatic heterocycles. The number of methoxy groups -OCH3 is 1. The number of hydrogen-bond acceptors (Lipinski definition) is 4. The molecule has 0 unspecified atom stereocenters. The third kappa shape index (κ3) is 3.50. The van der Waals surface area contributed by atoms with Crippen LogP contribution in [0.2, 0.25) is 5.02 Å². The Morgan fingerprint density at radius 3 is 3.00 bits per heavy atom. The van der Waals surface area contributed by atoms with Gasteiger partial charge in [0.05, 0.1) is 25.5 Å². The van der Waals surface area contributed by atoms with Crippen molar-refractivity contribution in [2.75, 3.05) is 12.4 Å². The molecule has 26 heavy (non-hydrogen) atoms. The number of rotatable bonds is 6. The predicted molar refractivity (Wildman–Crippen MR) is 106 cm³/mol. The van der Waals surface area contributed by atoms with Gasteiger partial charge in [0.1, 0.15) is 0 Å². The Morgan fingerprint density at radius 2 is 2.31 bits per heavy atom. The molecule has 0 bridgehead atoms. The van der Waals surface area contributed by atoms with Gasteiger partial charge >= 0.3 is 5.56 Å². The molecule has 7 heteroatoms. The highest BCUT2D eigenvalue weighted by molar-refractivity contribution is 6.31. The highest BCUT2D eigenvalue weighted by atomic mass is 35.5. The van der Waals surface area contributed by atoms with Crippen molar-refractivity contribution in [1.82, 2.24) is 14.5 Å². The monoisotopic (exact) mass is 370 g/mol. The lowest BCUT2D eigenvalue weighted by Gasteiger charge is -2.16. The maximum atomic E-state index is 12.2. The molecule has 0 aliphatic rings. The SMILES string of the molecule is C=C/C(=C\C)Cn1cc(OC)c(=O)nc1Nc1cc(Cl)cc2[nH]ccc12. The predicted octanol–water partition coefficient (Wildman–Crippen LogP) is 4.26. The number of nitrogens with zero attached hydrogens (tertiary/aromatic N) is 2. The normalized spacial score (nSPS) is 11.6. The number of ether oxygens (including phenoxy) is 1. The van der Waals surface area contributed by atoms with Gasteiger partial charge in [-0.25, -0.2) is 0 Å². The van der Waals surface area contributed by atoms with E-state index in [1.54, 1.807) is 22.9 Å². The van der Waals surface area contributed by atoms with Crippen LogP contribution in [0.15, 0.2) is 59.7 Å². The fourth-order valence-electron chi connectivity index (χ4n) is 2.66. The van der Waals surface area contributed by atoms with E-state index in [2.05, 4.69) is 21.9 Å². The molecule has 2 heterocycles. The Hall–Kier alpha value is -2.99. The maximum absolute atomic E-state index is 12.2. The first-order valence-corrected chi connectivity index (χ1v) is 8.40. The number of allylic oxidation sites excluding steroid dienone is 3. The fraction of sp³-hybridized carbons (Fsp3) is 0.158. The second kappa shape index (κ2) is 7.49. The van der Waals surface area contributed by atoms with Crippen LogP contribution >= 0.6 is 11.6 Å². The summed E-state index contributed by atoms with van der Waals surface area (Å²) in [6, 6.07) is 5.57. The Labute approximate surface area is 155 Å². The van der Waals surface area contributed by atoms with Crippen molar-refractivity contribution in [1.29, 1.82) is 0 Å². The molecule has 6 nitrogen and oxygen atoms in total. The van der Waals surface area contributed by atoms with Gasteiger partial charge in [-0.3, -0.25) is 4.79 Å². The highest BCUT2D eigenvalue weighted by Gasteiger charge is 2.12. The summed E-state index contributed by atoms with van der Waals surface area (Å²) < 4.78 is 6.92. The van der Waals surface area contributed by atoms with Crippen LogP contribution in [-0.2, 0) is 6.54 Å². The van der Waals surface area contributed by atoms with Crippen molar-refractivity contribution in [3.63, 3.8) is 0 Å². The zero-order valence-electron chi connectivity index (χ0n) is 14.5. The van der Waals surface area contributed by atoms with Crippen LogP contribution in [0.4, 0.5) is 11.6 Å². The van der Waals surface area contributed by atoms with Crippen LogP contribution in [0.3, 0.4) is 0 Å². The number of fused-ring (bicyclic) bond motifs is 1. The van der Waals surface area contributed by atoms with Gasteiger partial charge in [-0.1, -0.05) is 30.3 Å². The van der Waals surface area contributed by atoms with Crippen molar-refractivity contribution in [3.8, 4) is 5.75 Å². The number of benzene rings is 1. The first-order chi connectivity index (χ1) is 12.5. The molecule has 0 saturated heterocycles. The zero-order chi connectivity index (χ0) is 18.7. The van der Waals surface area contributed by atoms with Crippen molar-refractivity contribution in [2.45, 2.75) is 13.5 Å². The first kappa shape index (κ1) is 17.8. The minimum Gasteiger partial charge on any atom is -0.490 e. The Bertz CT molecular complexity index is 1050. The Balaban J connectivity index is 2.10. The summed E-state index contributed by atoms with van der Waals surface area (Å²) in [5.41, 5.74) is 2.18. The lowest BCUT2D eigenvalue weighted by atomic mass is 10.2. The van der Waals surface area contributed by atoms with Crippen LogP contribution in [0.5, 0.6) is 5.75 Å². The number of aromatic amines is 1. The Morgan fingerprint density at radius 1 is 1.50 bits per heavy atom. The van der Waals surface area contributed by atoms with Gasteiger partial charge in [-0.2, -0.15) is 4.98 Å². The van der Waals surface area contributed by atoms with Gasteiger partial charge in [0.15, 0.2) is 0 Å². The average molecular weight is 371 g/mol. The smallest absolute Gasteiger partial charge is 0.316 e. The third-order valence-corrected chi connectivity index (χ3v) is 4.27. The van der Waals surface area contributed by atoms with E-state index in [0.29, 0.717) is 17.5 Å². The molecule has 3 rings (SSSR count). The number of nitrogens with one attached hydrogen (secondary N) is 2. The first-order valence-electron chi connectivity index (χ1n) is 8.02. The summed E-state index contributed by atoms with van der Waals surface area (Å²) in [5.74, 6) is 0.565. The van der Waals surface area contributed by atoms with E-state index in [9.17, 15) is 4.79 Å². The molecule has 0 atom stereocenters. The molecule has 0 aliphatic carbocycles. The molecule has 2 N–H and O–H groups in total. The summed E-state index contributed by atoms with van der Waals surface area (Å²) in [5, 5.41) is 4.74. The van der Waals surface area contributed by atoms with Gasteiger partial charge in [-0.15, -0.1) is 0 Å². The standard InChI is InChI=1S/C19H19ClN4O2/c1-4-12(5-2)10-24-11-17(26-3)18(25)23-19(24)22-16-9-13(20)8-15-14(16)6-7-21-15/h4-9,11,21H,1,10H2,2-3H3,(H,22,23,25)/b12-5+. The molecule has 1 aromatic carbocycles. The van der Waals surface area contributed by atoms with Crippen molar-refractivity contribution < 1.29 is 4.74 Å². The summed E-state index contributed by atoms with van der Waals surface area (Å²) in [7, 11) is 1.44. The molecule has 3 aromatic rings. The second-order valence-electron chi connectivity index (χ2n) is 5.65. The zero-order valence-corrected chi connectivity index (χ0v) is 15.3. The molecule has 134 valence electrons. The van der Waals surface area contributed by atoms with Crippen molar-refractivity contribution >= 4 is 34.1 Å². The quantitative estimate of drug-likeness (QED) is 0.636. The van der Waals surface area contributed by atoms with E-state index < -0.39 is 5.56 Å². The van der Waals surface area contributed by atoms with E-state index in [-0.39, 0.29) is 5.75 Å². The van der Waals surface area contributed by atoms with Crippen LogP contribution in [-0.4, -0.2) is 21.6 Å². The molecule has 0 fully saturated rings. The van der Waals surface area contributed by atoms with E-state index in [1.807, 2.05) is 31.3 Å². The van der Waals surface area contributed by atoms with Gasteiger partial charge in [0.25, 0.3) is 0 Å². The molecular weight excluding hydrogens is 352 g/mol. The van der Waals surface area contributed by atoms with E-state index in [1.165, 1.54) is 7.11 Å². The number of halogens is 1. The largest absolute Gasteiger partial charge is 0.490 e. The summed E-state index contributed by atoms with van der Waals surface area (Å²) in [6.07, 6.45) is 7.17. The lowest BCUT2D eigenvalue weighted by Crippen LogP contribution is -2.18. The number of hydrogen-bond donors (Lipinski definition) is 2. The van der Waals surface area contributed by atoms with Gasteiger partial charge in [0, 0.05) is 22.1 Å². The molecule has 0 radical (unpaired) electrons. The summed E-state index contributed by atoms with van der Waals surface area (Å²) in [4.78, 5) is 19.4. The van der Waals surface area contributed by atoms with Gasteiger partial charge < -0.3 is 19.6 Å². The topological polar surface area (TPSA) is 71.9 Å². The van der Waals surface area contributed by atoms with E-state index >= 15 is 0 Å². The number of aromatic nitrogens is 3. The van der Waals surface area contributed by atoms with Crippen LogP contribution in [0.25, 0.3) is 10.9 Å². The maximum Gasteiger partial charge on any atom is 0.316 e. The van der Waals surface area contributed by atoms with Gasteiger partial charge in [0.2, 0.25) is 11.7 Å². The molecule has 0 spiro atoms. The van der Waals surface area contributed by atoms with Crippen molar-refractivity contribution in [3.05, 3.63) is 70.3 Å². The second-order valence-corrected chi connectivity index (χ2v) is 6.09. The molecule has 0 saturated carbocycles. The number of H-pyrrole nitrogens is 1. The van der Waals surface area contributed by atoms with Crippen LogP contribution in [0, 0.1) is 0 Å². The molecule has 0 amide bonds. The third-order valence-electron chi connectivity index (χ3n) is 4.05. The van der Waals surface area contributed by atoms with Crippen LogP contribution < -0.4 is 15.6 Å². The van der Waals surface area contributed by atoms with E-state index in [0.717, 1.165) is 22.2 Å². The van der Waals surface area contributed by atoms with Gasteiger partial charge in [-0.05, 0) is 30.7 Å². The van der Waals surface area contributed by atoms with Crippen molar-refractivity contribution in [2.24, 2.45) is 0 Å². The minimum absolute atomic E-state index is 0.174. The Kier molecular flexibility index (Phi) is 5.14. The summed E-state index contributed by atoms with van der Waals surface area (Å²) >= 11 is 6.20. The summed E-state index contributed by atoms with van der Waals surface area (Å²) in [6.45, 7) is 6.23. The number of anilines is 2. The molecular formula is C19H19ClN4O2.